The average molecular weight is 221 g/mol. The molecule has 1 aromatic heterocycles. The van der Waals surface area contributed by atoms with Crippen LogP contribution in [0.25, 0.3) is 11.0 Å². The van der Waals surface area contributed by atoms with Gasteiger partial charge < -0.3 is 20.6 Å². The molecule has 0 atom stereocenters. The fraction of sp³-hybridized carbons (Fsp3) is 0.200. The first-order valence-corrected chi connectivity index (χ1v) is 4.65. The molecule has 6 heteroatoms. The van der Waals surface area contributed by atoms with Gasteiger partial charge in [-0.15, -0.1) is 0 Å². The van der Waals surface area contributed by atoms with Crippen molar-refractivity contribution < 1.29 is 14.6 Å². The summed E-state index contributed by atoms with van der Waals surface area (Å²) < 4.78 is 5.09. The number of H-pyrrole nitrogens is 1. The number of fused-ring (bicyclic) bond motifs is 1. The highest BCUT2D eigenvalue weighted by Crippen LogP contribution is 2.25. The number of ether oxygens (including phenoxy) is 1. The number of rotatable bonds is 3. The molecule has 0 aliphatic rings. The van der Waals surface area contributed by atoms with Crippen LogP contribution in [0.3, 0.4) is 0 Å². The lowest BCUT2D eigenvalue weighted by Gasteiger charge is -2.02. The highest BCUT2D eigenvalue weighted by molar-refractivity contribution is 5.95. The van der Waals surface area contributed by atoms with Gasteiger partial charge in [0.05, 0.1) is 24.7 Å². The Labute approximate surface area is 91.0 Å². The standard InChI is InChI=1S/C10H11N3O3/c1-16-7-3-5(10(14)15)2-6-9(7)13-8(4-11)12-6/h2-3H,4,11H2,1H3,(H,12,13)(H,14,15). The third-order valence-corrected chi connectivity index (χ3v) is 2.26. The van der Waals surface area contributed by atoms with Crippen LogP contribution in [0.4, 0.5) is 0 Å². The molecule has 2 aromatic rings. The molecule has 1 aromatic carbocycles. The first-order valence-electron chi connectivity index (χ1n) is 4.65. The van der Waals surface area contributed by atoms with Crippen molar-refractivity contribution in [3.8, 4) is 5.75 Å². The van der Waals surface area contributed by atoms with Crippen molar-refractivity contribution in [2.24, 2.45) is 5.73 Å². The van der Waals surface area contributed by atoms with Gasteiger partial charge in [-0.05, 0) is 12.1 Å². The Morgan fingerprint density at radius 3 is 2.94 bits per heavy atom. The number of aromatic carboxylic acids is 1. The van der Waals surface area contributed by atoms with E-state index in [1.807, 2.05) is 0 Å². The van der Waals surface area contributed by atoms with E-state index < -0.39 is 5.97 Å². The Kier molecular flexibility index (Phi) is 2.49. The van der Waals surface area contributed by atoms with E-state index in [2.05, 4.69) is 9.97 Å². The molecular weight excluding hydrogens is 210 g/mol. The summed E-state index contributed by atoms with van der Waals surface area (Å²) >= 11 is 0. The van der Waals surface area contributed by atoms with Crippen LogP contribution in [-0.4, -0.2) is 28.2 Å². The minimum atomic E-state index is -1.01. The van der Waals surface area contributed by atoms with E-state index in [0.29, 0.717) is 22.6 Å². The summed E-state index contributed by atoms with van der Waals surface area (Å²) in [6.45, 7) is 0.264. The fourth-order valence-corrected chi connectivity index (χ4v) is 1.51. The maximum atomic E-state index is 10.9. The number of hydrogen-bond acceptors (Lipinski definition) is 4. The third kappa shape index (κ3) is 1.59. The highest BCUT2D eigenvalue weighted by atomic mass is 16.5. The Bertz CT molecular complexity index is 547. The number of nitrogens with one attached hydrogen (secondary N) is 1. The van der Waals surface area contributed by atoms with Gasteiger partial charge >= 0.3 is 5.97 Å². The summed E-state index contributed by atoms with van der Waals surface area (Å²) in [4.78, 5) is 18.0. The van der Waals surface area contributed by atoms with E-state index in [-0.39, 0.29) is 12.1 Å². The molecule has 0 unspecified atom stereocenters. The maximum Gasteiger partial charge on any atom is 0.335 e. The molecule has 0 amide bonds. The quantitative estimate of drug-likeness (QED) is 0.709. The summed E-state index contributed by atoms with van der Waals surface area (Å²) in [7, 11) is 1.47. The average Bonchev–Trinajstić information content (AvgIpc) is 2.70. The number of imidazole rings is 1. The summed E-state index contributed by atoms with van der Waals surface area (Å²) in [6.07, 6.45) is 0. The lowest BCUT2D eigenvalue weighted by atomic mass is 10.2. The van der Waals surface area contributed by atoms with Gasteiger partial charge in [-0.2, -0.15) is 0 Å². The Balaban J connectivity index is 2.70. The molecule has 0 saturated carbocycles. The van der Waals surface area contributed by atoms with Gasteiger partial charge in [0.2, 0.25) is 0 Å². The molecule has 0 saturated heterocycles. The number of nitrogens with two attached hydrogens (primary N) is 1. The second-order valence-electron chi connectivity index (χ2n) is 3.27. The molecule has 84 valence electrons. The van der Waals surface area contributed by atoms with Crippen LogP contribution in [0.1, 0.15) is 16.2 Å². The molecule has 1 heterocycles. The van der Waals surface area contributed by atoms with Crippen LogP contribution in [0, 0.1) is 0 Å². The van der Waals surface area contributed by atoms with E-state index in [9.17, 15) is 4.79 Å². The fourth-order valence-electron chi connectivity index (χ4n) is 1.51. The zero-order valence-electron chi connectivity index (χ0n) is 8.65. The first-order chi connectivity index (χ1) is 7.65. The number of carboxylic acid groups (broad SMARTS) is 1. The molecule has 0 aliphatic heterocycles. The Morgan fingerprint density at radius 2 is 2.38 bits per heavy atom. The molecule has 2 rings (SSSR count). The smallest absolute Gasteiger partial charge is 0.335 e. The van der Waals surface area contributed by atoms with Crippen LogP contribution in [-0.2, 0) is 6.54 Å². The Hall–Kier alpha value is -2.08. The van der Waals surface area contributed by atoms with E-state index in [4.69, 9.17) is 15.6 Å². The number of hydrogen-bond donors (Lipinski definition) is 3. The highest BCUT2D eigenvalue weighted by Gasteiger charge is 2.12. The van der Waals surface area contributed by atoms with E-state index >= 15 is 0 Å². The third-order valence-electron chi connectivity index (χ3n) is 2.26. The second kappa shape index (κ2) is 3.82. The van der Waals surface area contributed by atoms with Gasteiger partial charge in [-0.3, -0.25) is 0 Å². The van der Waals surface area contributed by atoms with Gasteiger partial charge in [-0.25, -0.2) is 9.78 Å². The van der Waals surface area contributed by atoms with Crippen molar-refractivity contribution in [2.75, 3.05) is 7.11 Å². The predicted octanol–water partition coefficient (Wildman–Crippen LogP) is 0.728. The molecule has 0 spiro atoms. The zero-order valence-corrected chi connectivity index (χ0v) is 8.65. The van der Waals surface area contributed by atoms with Crippen molar-refractivity contribution in [1.29, 1.82) is 0 Å². The van der Waals surface area contributed by atoms with Crippen LogP contribution < -0.4 is 10.5 Å². The van der Waals surface area contributed by atoms with Crippen molar-refractivity contribution in [3.05, 3.63) is 23.5 Å². The summed E-state index contributed by atoms with van der Waals surface area (Å²) in [6, 6.07) is 2.94. The monoisotopic (exact) mass is 221 g/mol. The summed E-state index contributed by atoms with van der Waals surface area (Å²) in [5.41, 5.74) is 6.80. The largest absolute Gasteiger partial charge is 0.494 e. The lowest BCUT2D eigenvalue weighted by molar-refractivity contribution is 0.0696. The maximum absolute atomic E-state index is 10.9. The molecular formula is C10H11N3O3. The summed E-state index contributed by atoms with van der Waals surface area (Å²) in [5.74, 6) is 0.00536. The minimum absolute atomic E-state index is 0.150. The van der Waals surface area contributed by atoms with Crippen molar-refractivity contribution >= 4 is 17.0 Å². The Morgan fingerprint density at radius 1 is 1.62 bits per heavy atom. The predicted molar refractivity (Wildman–Crippen MR) is 57.5 cm³/mol. The molecule has 0 aliphatic carbocycles. The number of carboxylic acids is 1. The van der Waals surface area contributed by atoms with Crippen LogP contribution in [0.2, 0.25) is 0 Å². The van der Waals surface area contributed by atoms with E-state index in [0.717, 1.165) is 0 Å². The number of nitrogens with zero attached hydrogens (tertiary/aromatic N) is 1. The molecule has 16 heavy (non-hydrogen) atoms. The minimum Gasteiger partial charge on any atom is -0.494 e. The van der Waals surface area contributed by atoms with Gasteiger partial charge in [-0.1, -0.05) is 0 Å². The number of carbonyl (C=O) groups is 1. The normalized spacial score (nSPS) is 10.6. The van der Waals surface area contributed by atoms with Crippen molar-refractivity contribution in [1.82, 2.24) is 9.97 Å². The van der Waals surface area contributed by atoms with Gasteiger partial charge in [0.25, 0.3) is 0 Å². The molecule has 4 N–H and O–H groups in total. The number of aromatic amines is 1. The summed E-state index contributed by atoms with van der Waals surface area (Å²) in [5, 5.41) is 8.91. The second-order valence-corrected chi connectivity index (χ2v) is 3.27. The van der Waals surface area contributed by atoms with Crippen molar-refractivity contribution in [2.45, 2.75) is 6.54 Å². The molecule has 0 fully saturated rings. The van der Waals surface area contributed by atoms with Gasteiger partial charge in [0.15, 0.2) is 0 Å². The van der Waals surface area contributed by atoms with E-state index in [1.54, 1.807) is 0 Å². The lowest BCUT2D eigenvalue weighted by Crippen LogP contribution is -1.97. The molecule has 0 bridgehead atoms. The van der Waals surface area contributed by atoms with Crippen LogP contribution >= 0.6 is 0 Å². The van der Waals surface area contributed by atoms with Crippen molar-refractivity contribution in [3.63, 3.8) is 0 Å². The van der Waals surface area contributed by atoms with Gasteiger partial charge in [0, 0.05) is 0 Å². The topological polar surface area (TPSA) is 101 Å². The molecule has 6 nitrogen and oxygen atoms in total. The van der Waals surface area contributed by atoms with E-state index in [1.165, 1.54) is 19.2 Å². The molecule has 0 radical (unpaired) electrons. The number of benzene rings is 1. The first kappa shape index (κ1) is 10.4. The van der Waals surface area contributed by atoms with Crippen LogP contribution in [0.5, 0.6) is 5.75 Å². The number of aromatic nitrogens is 2. The van der Waals surface area contributed by atoms with Gasteiger partial charge in [0.1, 0.15) is 17.1 Å². The number of methoxy groups -OCH3 is 1. The SMILES string of the molecule is COc1cc(C(=O)O)cc2[nH]c(CN)nc12. The zero-order chi connectivity index (χ0) is 11.7. The van der Waals surface area contributed by atoms with Crippen LogP contribution in [0.15, 0.2) is 12.1 Å².